The Morgan fingerprint density at radius 1 is 1.09 bits per heavy atom. The summed E-state index contributed by atoms with van der Waals surface area (Å²) in [5, 5.41) is 7.72. The van der Waals surface area contributed by atoms with E-state index in [4.69, 9.17) is 4.74 Å². The van der Waals surface area contributed by atoms with E-state index in [1.54, 1.807) is 38.1 Å². The lowest BCUT2D eigenvalue weighted by Gasteiger charge is -2.11. The molecular weight excluding hydrogens is 474 g/mol. The molecule has 0 bridgehead atoms. The van der Waals surface area contributed by atoms with Crippen LogP contribution in [0.15, 0.2) is 53.4 Å². The first-order valence-electron chi connectivity index (χ1n) is 10.5. The number of hydrogen-bond donors (Lipinski definition) is 2. The average Bonchev–Trinajstić information content (AvgIpc) is 3.17. The van der Waals surface area contributed by atoms with Crippen molar-refractivity contribution in [3.63, 3.8) is 0 Å². The molecular formula is C23H25N5O4S2. The first-order chi connectivity index (χ1) is 16.2. The Balaban J connectivity index is 0.00000342. The van der Waals surface area contributed by atoms with Crippen LogP contribution < -0.4 is 10.6 Å². The number of carbonyl (C=O) groups is 1. The quantitative estimate of drug-likeness (QED) is 0.335. The van der Waals surface area contributed by atoms with Gasteiger partial charge in [0.25, 0.3) is 0 Å². The van der Waals surface area contributed by atoms with Gasteiger partial charge in [0, 0.05) is 19.6 Å². The number of esters is 1. The summed E-state index contributed by atoms with van der Waals surface area (Å²) in [6, 6.07) is 14.3. The highest BCUT2D eigenvalue weighted by Gasteiger charge is 2.17. The molecule has 34 heavy (non-hydrogen) atoms. The van der Waals surface area contributed by atoms with Crippen molar-refractivity contribution in [3.8, 4) is 0 Å². The van der Waals surface area contributed by atoms with Crippen LogP contribution in [0.25, 0.3) is 10.9 Å². The number of nitrogens with one attached hydrogen (secondary N) is 2. The van der Waals surface area contributed by atoms with Crippen molar-refractivity contribution in [1.82, 2.24) is 15.0 Å². The van der Waals surface area contributed by atoms with E-state index in [9.17, 15) is 13.2 Å². The number of ether oxygens (including phenoxy) is 1. The summed E-state index contributed by atoms with van der Waals surface area (Å²) in [5.41, 5.74) is 2.20. The van der Waals surface area contributed by atoms with E-state index in [1.165, 1.54) is 17.6 Å². The third kappa shape index (κ3) is 5.32. The molecule has 0 unspecified atom stereocenters. The molecule has 2 aromatic carbocycles. The van der Waals surface area contributed by atoms with Gasteiger partial charge in [-0.15, -0.1) is 0 Å². The zero-order valence-corrected chi connectivity index (χ0v) is 20.5. The van der Waals surface area contributed by atoms with Gasteiger partial charge in [0.05, 0.1) is 22.7 Å². The number of aromatic nitrogens is 3. The molecule has 178 valence electrons. The summed E-state index contributed by atoms with van der Waals surface area (Å²) in [4.78, 5) is 26.4. The van der Waals surface area contributed by atoms with Gasteiger partial charge in [-0.2, -0.15) is 4.98 Å². The van der Waals surface area contributed by atoms with Crippen LogP contribution in [0.2, 0.25) is 0 Å². The standard InChI is InChI=1S/C23H23N5O4S2.H2/c1-4-32-21(29)19-14(2)25-23(33-19)28-22-26-18-8-6-5-7-17(18)20(27-22)24-13-15-9-11-16(12-10-15)34(3,30)31;/h5-12H,4,13H2,1-3H3,(H2,24,25,26,27,28);1H. The van der Waals surface area contributed by atoms with Crippen molar-refractivity contribution in [1.29, 1.82) is 0 Å². The molecule has 9 nitrogen and oxygen atoms in total. The number of sulfone groups is 1. The smallest absolute Gasteiger partial charge is 0.350 e. The van der Waals surface area contributed by atoms with Crippen LogP contribution >= 0.6 is 11.3 Å². The Labute approximate surface area is 202 Å². The summed E-state index contributed by atoms with van der Waals surface area (Å²) in [6.45, 7) is 4.23. The third-order valence-corrected chi connectivity index (χ3v) is 7.07. The van der Waals surface area contributed by atoms with Gasteiger partial charge in [-0.25, -0.2) is 23.2 Å². The zero-order valence-electron chi connectivity index (χ0n) is 18.8. The Morgan fingerprint density at radius 2 is 1.82 bits per heavy atom. The molecule has 0 radical (unpaired) electrons. The summed E-state index contributed by atoms with van der Waals surface area (Å²) in [7, 11) is -3.24. The minimum atomic E-state index is -3.24. The van der Waals surface area contributed by atoms with Gasteiger partial charge < -0.3 is 10.1 Å². The van der Waals surface area contributed by atoms with Crippen LogP contribution in [0.4, 0.5) is 16.9 Å². The lowest BCUT2D eigenvalue weighted by molar-refractivity contribution is 0.0531. The Bertz CT molecular complexity index is 1460. The molecule has 0 aliphatic rings. The highest BCUT2D eigenvalue weighted by Crippen LogP contribution is 2.28. The normalized spacial score (nSPS) is 11.4. The molecule has 4 rings (SSSR count). The minimum Gasteiger partial charge on any atom is -0.462 e. The lowest BCUT2D eigenvalue weighted by Crippen LogP contribution is -2.06. The topological polar surface area (TPSA) is 123 Å². The van der Waals surface area contributed by atoms with Crippen LogP contribution in [0.5, 0.6) is 0 Å². The monoisotopic (exact) mass is 499 g/mol. The molecule has 2 aromatic heterocycles. The molecule has 2 heterocycles. The molecule has 0 spiro atoms. The van der Waals surface area contributed by atoms with E-state index < -0.39 is 15.8 Å². The maximum Gasteiger partial charge on any atom is 0.350 e. The number of anilines is 3. The molecule has 0 saturated carbocycles. The van der Waals surface area contributed by atoms with E-state index in [0.29, 0.717) is 40.6 Å². The SMILES string of the molecule is CCOC(=O)c1sc(Nc2nc(NCc3ccc(S(C)(=O)=O)cc3)c3ccccc3n2)nc1C.[HH]. The molecule has 0 aliphatic heterocycles. The molecule has 0 amide bonds. The number of thiazole rings is 1. The first-order valence-corrected chi connectivity index (χ1v) is 13.2. The molecule has 0 saturated heterocycles. The molecule has 4 aromatic rings. The fraction of sp³-hybridized carbons (Fsp3) is 0.217. The number of hydrogen-bond acceptors (Lipinski definition) is 10. The summed E-state index contributed by atoms with van der Waals surface area (Å²) < 4.78 is 28.4. The fourth-order valence-electron chi connectivity index (χ4n) is 3.24. The number of fused-ring (bicyclic) bond motifs is 1. The van der Waals surface area contributed by atoms with Gasteiger partial charge >= 0.3 is 5.97 Å². The fourth-order valence-corrected chi connectivity index (χ4v) is 4.72. The largest absolute Gasteiger partial charge is 0.462 e. The summed E-state index contributed by atoms with van der Waals surface area (Å²) in [5.74, 6) is 0.534. The second-order valence-electron chi connectivity index (χ2n) is 7.46. The van der Waals surface area contributed by atoms with E-state index in [0.717, 1.165) is 16.5 Å². The second-order valence-corrected chi connectivity index (χ2v) is 10.5. The van der Waals surface area contributed by atoms with Crippen LogP contribution in [0.3, 0.4) is 0 Å². The molecule has 0 aliphatic carbocycles. The molecule has 2 N–H and O–H groups in total. The number of nitrogens with zero attached hydrogens (tertiary/aromatic N) is 3. The van der Waals surface area contributed by atoms with Crippen molar-refractivity contribution in [2.24, 2.45) is 0 Å². The van der Waals surface area contributed by atoms with E-state index in [2.05, 4.69) is 25.6 Å². The number of carbonyl (C=O) groups excluding carboxylic acids is 1. The maximum atomic E-state index is 12.1. The van der Waals surface area contributed by atoms with Gasteiger partial charge in [0.15, 0.2) is 15.0 Å². The van der Waals surface area contributed by atoms with E-state index in [1.807, 2.05) is 24.3 Å². The van der Waals surface area contributed by atoms with Crippen molar-refractivity contribution in [2.45, 2.75) is 25.3 Å². The summed E-state index contributed by atoms with van der Waals surface area (Å²) >= 11 is 1.18. The van der Waals surface area contributed by atoms with Gasteiger partial charge in [0.1, 0.15) is 10.7 Å². The molecule has 11 heteroatoms. The van der Waals surface area contributed by atoms with Crippen LogP contribution in [-0.2, 0) is 21.1 Å². The minimum absolute atomic E-state index is 0. The summed E-state index contributed by atoms with van der Waals surface area (Å²) in [6.07, 6.45) is 1.18. The Morgan fingerprint density at radius 3 is 2.53 bits per heavy atom. The van der Waals surface area contributed by atoms with Gasteiger partial charge in [-0.05, 0) is 43.7 Å². The van der Waals surface area contributed by atoms with E-state index >= 15 is 0 Å². The number of rotatable bonds is 8. The second kappa shape index (κ2) is 9.74. The van der Waals surface area contributed by atoms with Crippen molar-refractivity contribution >= 4 is 54.9 Å². The molecule has 0 fully saturated rings. The van der Waals surface area contributed by atoms with Crippen molar-refractivity contribution in [3.05, 3.63) is 64.7 Å². The van der Waals surface area contributed by atoms with Crippen LogP contribution in [0.1, 0.15) is 29.3 Å². The number of para-hydroxylation sites is 1. The Hall–Kier alpha value is -3.57. The first kappa shape index (κ1) is 23.6. The number of aryl methyl sites for hydroxylation is 1. The Kier molecular flexibility index (Phi) is 6.75. The van der Waals surface area contributed by atoms with Crippen LogP contribution in [-0.4, -0.2) is 42.2 Å². The third-order valence-electron chi connectivity index (χ3n) is 4.89. The predicted molar refractivity (Wildman–Crippen MR) is 135 cm³/mol. The van der Waals surface area contributed by atoms with Crippen LogP contribution in [0, 0.1) is 6.92 Å². The number of benzene rings is 2. The average molecular weight is 500 g/mol. The predicted octanol–water partition coefficient (Wildman–Crippen LogP) is 4.58. The zero-order chi connectivity index (χ0) is 24.3. The van der Waals surface area contributed by atoms with Crippen molar-refractivity contribution in [2.75, 3.05) is 23.5 Å². The van der Waals surface area contributed by atoms with Gasteiger partial charge in [-0.3, -0.25) is 5.32 Å². The highest BCUT2D eigenvalue weighted by atomic mass is 32.2. The molecule has 0 atom stereocenters. The maximum absolute atomic E-state index is 12.1. The van der Waals surface area contributed by atoms with Crippen molar-refractivity contribution < 1.29 is 19.4 Å². The lowest BCUT2D eigenvalue weighted by atomic mass is 10.2. The van der Waals surface area contributed by atoms with Gasteiger partial charge in [-0.1, -0.05) is 35.6 Å². The van der Waals surface area contributed by atoms with Gasteiger partial charge in [0.2, 0.25) is 5.95 Å². The van der Waals surface area contributed by atoms with E-state index in [-0.39, 0.29) is 6.32 Å². The highest BCUT2D eigenvalue weighted by molar-refractivity contribution is 7.90.